The zero-order valence-electron chi connectivity index (χ0n) is 29.9. The van der Waals surface area contributed by atoms with E-state index in [1.54, 1.807) is 14.1 Å². The molecule has 4 aliphatic heterocycles. The summed E-state index contributed by atoms with van der Waals surface area (Å²) in [6.45, 7) is 4.21. The minimum Gasteiger partial charge on any atom is -0.467 e. The van der Waals surface area contributed by atoms with Crippen molar-refractivity contribution < 1.29 is 36.2 Å². The Morgan fingerprint density at radius 1 is 1.19 bits per heavy atom. The van der Waals surface area contributed by atoms with Gasteiger partial charge in [0.2, 0.25) is 0 Å². The first-order chi connectivity index (χ1) is 25.2. The predicted octanol–water partition coefficient (Wildman–Crippen LogP) is 5.27. The molecule has 286 valence electrons. The molecular formula is C36H42ClF5N8O3. The number of nitrogens with two attached hydrogens (primary N) is 2. The average molecular weight is 765 g/mol. The van der Waals surface area contributed by atoms with E-state index in [1.807, 2.05) is 4.90 Å². The van der Waals surface area contributed by atoms with Crippen molar-refractivity contribution in [2.24, 2.45) is 10.7 Å². The maximum absolute atomic E-state index is 14.7. The van der Waals surface area contributed by atoms with Crippen LogP contribution in [0.5, 0.6) is 6.01 Å². The number of anilines is 2. The molecule has 2 saturated heterocycles. The third-order valence-electron chi connectivity index (χ3n) is 9.46. The van der Waals surface area contributed by atoms with Gasteiger partial charge in [-0.1, -0.05) is 17.5 Å². The van der Waals surface area contributed by atoms with Crippen molar-refractivity contribution in [3.05, 3.63) is 62.5 Å². The second-order valence-corrected chi connectivity index (χ2v) is 13.6. The Hall–Kier alpha value is -4.46. The number of nitrogen functional groups attached to an aromatic ring is 1. The lowest BCUT2D eigenvalue weighted by atomic mass is 9.91. The zero-order valence-corrected chi connectivity index (χ0v) is 30.7. The van der Waals surface area contributed by atoms with E-state index in [0.717, 1.165) is 30.9 Å². The Labute approximate surface area is 309 Å². The Balaban J connectivity index is 0.000000461. The summed E-state index contributed by atoms with van der Waals surface area (Å²) in [5.41, 5.74) is 11.0. The SMILES string of the molecule is CC#Cc1c(F)c(N)cc(C2Cc3nc(OC)nc(N4CCCN=C(/C(Cl)=C(\N)C(=O)N(C)C)C4)c3CO2)c1C(F)(F)F.F/C=C1/CC2CCCN2C1. The molecule has 0 spiro atoms. The molecule has 11 nitrogen and oxygen atoms in total. The number of fused-ring (bicyclic) bond motifs is 2. The van der Waals surface area contributed by atoms with E-state index in [0.29, 0.717) is 48.3 Å². The first kappa shape index (κ1) is 39.7. The Kier molecular flexibility index (Phi) is 12.5. The fourth-order valence-electron chi connectivity index (χ4n) is 6.92. The molecule has 2 fully saturated rings. The molecule has 2 atom stereocenters. The van der Waals surface area contributed by atoms with Crippen LogP contribution in [0.15, 0.2) is 33.7 Å². The number of halogens is 6. The maximum atomic E-state index is 14.7. The summed E-state index contributed by atoms with van der Waals surface area (Å²) in [4.78, 5) is 31.4. The molecule has 0 bridgehead atoms. The molecule has 5 heterocycles. The number of aliphatic imine (C=N–C) groups is 1. The molecule has 1 aromatic carbocycles. The highest BCUT2D eigenvalue weighted by Gasteiger charge is 2.42. The van der Waals surface area contributed by atoms with Gasteiger partial charge in [-0.3, -0.25) is 14.7 Å². The van der Waals surface area contributed by atoms with Crippen LogP contribution in [0, 0.1) is 17.7 Å². The number of alkyl halides is 3. The number of aromatic nitrogens is 2. The number of methoxy groups -OCH3 is 1. The average Bonchev–Trinajstić information content (AvgIpc) is 3.65. The van der Waals surface area contributed by atoms with Gasteiger partial charge in [0.05, 0.1) is 65.9 Å². The smallest absolute Gasteiger partial charge is 0.418 e. The summed E-state index contributed by atoms with van der Waals surface area (Å²) in [6.07, 6.45) is -1.27. The quantitative estimate of drug-likeness (QED) is 0.181. The largest absolute Gasteiger partial charge is 0.467 e. The van der Waals surface area contributed by atoms with E-state index in [2.05, 4.69) is 31.7 Å². The van der Waals surface area contributed by atoms with Gasteiger partial charge in [0.15, 0.2) is 5.82 Å². The van der Waals surface area contributed by atoms with Gasteiger partial charge in [0, 0.05) is 51.8 Å². The molecule has 0 aliphatic carbocycles. The van der Waals surface area contributed by atoms with Crippen LogP contribution in [0.3, 0.4) is 0 Å². The number of hydrogen-bond acceptors (Lipinski definition) is 10. The summed E-state index contributed by atoms with van der Waals surface area (Å²) in [7, 11) is 4.45. The normalized spacial score (nSPS) is 21.3. The van der Waals surface area contributed by atoms with Crippen LogP contribution in [0.25, 0.3) is 0 Å². The lowest BCUT2D eigenvalue weighted by molar-refractivity contribution is -0.140. The summed E-state index contributed by atoms with van der Waals surface area (Å²) in [6, 6.07) is 1.59. The van der Waals surface area contributed by atoms with Crippen LogP contribution >= 0.6 is 11.6 Å². The van der Waals surface area contributed by atoms with Gasteiger partial charge in [0.25, 0.3) is 5.91 Å². The molecule has 2 unspecified atom stereocenters. The fourth-order valence-corrected chi connectivity index (χ4v) is 7.12. The van der Waals surface area contributed by atoms with E-state index >= 15 is 0 Å². The number of benzene rings is 1. The molecule has 0 radical (unpaired) electrons. The third-order valence-corrected chi connectivity index (χ3v) is 9.88. The highest BCUT2D eigenvalue weighted by atomic mass is 35.5. The third kappa shape index (κ3) is 8.69. The lowest BCUT2D eigenvalue weighted by Crippen LogP contribution is -2.35. The van der Waals surface area contributed by atoms with Gasteiger partial charge in [-0.05, 0) is 56.4 Å². The van der Waals surface area contributed by atoms with Gasteiger partial charge in [-0.2, -0.15) is 23.1 Å². The number of ether oxygens (including phenoxy) is 2. The number of carbonyl (C=O) groups is 1. The van der Waals surface area contributed by atoms with Crippen LogP contribution in [0.2, 0.25) is 0 Å². The first-order valence-corrected chi connectivity index (χ1v) is 17.4. The first-order valence-electron chi connectivity index (χ1n) is 17.0. The molecule has 17 heteroatoms. The van der Waals surface area contributed by atoms with Crippen molar-refractivity contribution >= 4 is 34.7 Å². The zero-order chi connectivity index (χ0) is 38.6. The Bertz CT molecular complexity index is 1870. The van der Waals surface area contributed by atoms with Gasteiger partial charge in [-0.15, -0.1) is 5.92 Å². The predicted molar refractivity (Wildman–Crippen MR) is 191 cm³/mol. The Morgan fingerprint density at radius 2 is 1.94 bits per heavy atom. The van der Waals surface area contributed by atoms with E-state index in [1.165, 1.54) is 38.3 Å². The number of likely N-dealkylation sites (N-methyl/N-ethyl adjacent to an activating group) is 1. The summed E-state index contributed by atoms with van der Waals surface area (Å²) >= 11 is 6.50. The van der Waals surface area contributed by atoms with Crippen LogP contribution in [0.4, 0.5) is 33.5 Å². The van der Waals surface area contributed by atoms with Gasteiger partial charge >= 0.3 is 12.2 Å². The highest BCUT2D eigenvalue weighted by Crippen LogP contribution is 2.44. The molecule has 0 saturated carbocycles. The van der Waals surface area contributed by atoms with Crippen molar-refractivity contribution in [2.75, 3.05) is 64.6 Å². The lowest BCUT2D eigenvalue weighted by Gasteiger charge is -2.32. The summed E-state index contributed by atoms with van der Waals surface area (Å²) in [5.74, 6) is 3.22. The number of amides is 1. The molecule has 53 heavy (non-hydrogen) atoms. The van der Waals surface area contributed by atoms with Crippen molar-refractivity contribution in [3.63, 3.8) is 0 Å². The monoisotopic (exact) mass is 764 g/mol. The maximum Gasteiger partial charge on any atom is 0.418 e. The van der Waals surface area contributed by atoms with Crippen LogP contribution in [-0.2, 0) is 28.7 Å². The molecule has 6 rings (SSSR count). The van der Waals surface area contributed by atoms with E-state index in [9.17, 15) is 26.7 Å². The fraction of sp³-hybridized carbons (Fsp3) is 0.500. The van der Waals surface area contributed by atoms with Crippen LogP contribution in [0.1, 0.15) is 66.7 Å². The number of rotatable bonds is 5. The summed E-state index contributed by atoms with van der Waals surface area (Å²) in [5, 5.41) is 0.0105. The minimum atomic E-state index is -4.94. The minimum absolute atomic E-state index is 0.0105. The second kappa shape index (κ2) is 16.7. The number of nitrogens with zero attached hydrogens (tertiary/aromatic N) is 6. The highest BCUT2D eigenvalue weighted by molar-refractivity contribution is 6.45. The van der Waals surface area contributed by atoms with E-state index in [4.69, 9.17) is 32.5 Å². The van der Waals surface area contributed by atoms with Crippen molar-refractivity contribution in [1.29, 1.82) is 0 Å². The molecular weight excluding hydrogens is 723 g/mol. The van der Waals surface area contributed by atoms with Gasteiger partial charge in [0.1, 0.15) is 11.5 Å². The van der Waals surface area contributed by atoms with Gasteiger partial charge < -0.3 is 30.7 Å². The van der Waals surface area contributed by atoms with E-state index in [-0.39, 0.29) is 41.9 Å². The molecule has 4 aliphatic rings. The standard InChI is InChI=1S/C28H30ClF4N7O3.C8H12FN/c1-5-7-14-21(28(31,32)33)15(10-17(34)23(14)30)20-11-18-16(13-43-20)25(38-27(37-18)42-4)40-9-6-8-36-19(12-40)22(29)24(35)26(41)39(2)3;9-5-7-4-8-2-1-3-10(8)6-7/h10,20H,6,8-9,11-13,34-35H2,1-4H3;5,8H,1-4,6H2/b24-22+;7-5-. The topological polar surface area (TPSA) is 135 Å². The van der Waals surface area contributed by atoms with Crippen molar-refractivity contribution in [2.45, 2.75) is 64.0 Å². The van der Waals surface area contributed by atoms with Crippen molar-refractivity contribution in [3.8, 4) is 17.9 Å². The summed E-state index contributed by atoms with van der Waals surface area (Å²) < 4.78 is 80.8. The number of hydrogen-bond donors (Lipinski definition) is 2. The molecule has 1 aromatic heterocycles. The molecule has 4 N–H and O–H groups in total. The van der Waals surface area contributed by atoms with Crippen LogP contribution < -0.4 is 21.1 Å². The van der Waals surface area contributed by atoms with E-state index < -0.39 is 40.8 Å². The number of carbonyl (C=O) groups excluding carboxylic acids is 1. The second-order valence-electron chi connectivity index (χ2n) is 13.2. The molecule has 1 amide bonds. The van der Waals surface area contributed by atoms with Gasteiger partial charge in [-0.25, -0.2) is 8.78 Å². The molecule has 2 aromatic rings. The Morgan fingerprint density at radius 3 is 2.58 bits per heavy atom. The van der Waals surface area contributed by atoms with Crippen molar-refractivity contribution in [1.82, 2.24) is 19.8 Å². The van der Waals surface area contributed by atoms with Crippen LogP contribution in [-0.4, -0.2) is 91.4 Å².